The summed E-state index contributed by atoms with van der Waals surface area (Å²) in [5.41, 5.74) is -1.48. The largest absolute Gasteiger partial charge is 0.462 e. The van der Waals surface area contributed by atoms with Gasteiger partial charge in [0.1, 0.15) is 18.2 Å². The van der Waals surface area contributed by atoms with E-state index in [9.17, 15) is 19.2 Å². The van der Waals surface area contributed by atoms with Crippen molar-refractivity contribution in [3.63, 3.8) is 0 Å². The van der Waals surface area contributed by atoms with Crippen LogP contribution in [0.15, 0.2) is 0 Å². The molecule has 0 spiro atoms. The van der Waals surface area contributed by atoms with Crippen molar-refractivity contribution in [1.29, 1.82) is 0 Å². The predicted octanol–water partition coefficient (Wildman–Crippen LogP) is 1.65. The average molecular weight is 355 g/mol. The zero-order chi connectivity index (χ0) is 19.2. The quantitative estimate of drug-likeness (QED) is 0.548. The van der Waals surface area contributed by atoms with Crippen LogP contribution in [-0.2, 0) is 28.6 Å². The standard InChI is InChI=1S/C17H25NO7/c1-9-7-10(19)18(15(22)25-16(2,3)4)11(9)13(20)24-12-14(21)23-8-17(12,5)6/h9,11-12H,7-8H2,1-6H3/t9?,11?,12-/m1/s1. The number of hydrogen-bond acceptors (Lipinski definition) is 7. The van der Waals surface area contributed by atoms with Gasteiger partial charge >= 0.3 is 18.0 Å². The highest BCUT2D eigenvalue weighted by Gasteiger charge is 2.52. The van der Waals surface area contributed by atoms with Crippen LogP contribution in [0.4, 0.5) is 4.79 Å². The molecular formula is C17H25NO7. The van der Waals surface area contributed by atoms with Crippen molar-refractivity contribution in [2.24, 2.45) is 11.3 Å². The molecule has 2 heterocycles. The van der Waals surface area contributed by atoms with E-state index in [1.54, 1.807) is 41.5 Å². The van der Waals surface area contributed by atoms with Crippen LogP contribution in [-0.4, -0.2) is 53.2 Å². The molecule has 2 amide bonds. The van der Waals surface area contributed by atoms with Crippen molar-refractivity contribution >= 4 is 23.9 Å². The van der Waals surface area contributed by atoms with E-state index < -0.39 is 53.0 Å². The highest BCUT2D eigenvalue weighted by Crippen LogP contribution is 2.34. The van der Waals surface area contributed by atoms with Crippen molar-refractivity contribution in [3.8, 4) is 0 Å². The molecule has 0 bridgehead atoms. The van der Waals surface area contributed by atoms with Gasteiger partial charge in [0.15, 0.2) is 0 Å². The molecule has 0 radical (unpaired) electrons. The summed E-state index contributed by atoms with van der Waals surface area (Å²) in [7, 11) is 0. The molecule has 0 saturated carbocycles. The van der Waals surface area contributed by atoms with Crippen molar-refractivity contribution in [1.82, 2.24) is 4.90 Å². The van der Waals surface area contributed by atoms with Crippen LogP contribution >= 0.6 is 0 Å². The summed E-state index contributed by atoms with van der Waals surface area (Å²) in [6.07, 6.45) is -1.93. The third kappa shape index (κ3) is 3.93. The van der Waals surface area contributed by atoms with Gasteiger partial charge in [0.25, 0.3) is 0 Å². The third-order valence-corrected chi connectivity index (χ3v) is 4.16. The van der Waals surface area contributed by atoms with Crippen LogP contribution in [0.25, 0.3) is 0 Å². The molecule has 2 aliphatic heterocycles. The van der Waals surface area contributed by atoms with E-state index in [0.717, 1.165) is 4.90 Å². The second kappa shape index (κ2) is 6.31. The summed E-state index contributed by atoms with van der Waals surface area (Å²) in [6.45, 7) is 10.3. The number of carbonyl (C=O) groups excluding carboxylic acids is 4. The summed E-state index contributed by atoms with van der Waals surface area (Å²) in [6, 6.07) is -1.12. The van der Waals surface area contributed by atoms with Crippen molar-refractivity contribution < 1.29 is 33.4 Å². The molecule has 2 fully saturated rings. The number of nitrogens with zero attached hydrogens (tertiary/aromatic N) is 1. The molecule has 0 aliphatic carbocycles. The molecular weight excluding hydrogens is 330 g/mol. The molecule has 0 aromatic rings. The van der Waals surface area contributed by atoms with Gasteiger partial charge in [-0.15, -0.1) is 0 Å². The molecule has 8 heteroatoms. The molecule has 0 aromatic heterocycles. The fraction of sp³-hybridized carbons (Fsp3) is 0.765. The maximum absolute atomic E-state index is 12.6. The lowest BCUT2D eigenvalue weighted by atomic mass is 9.89. The summed E-state index contributed by atoms with van der Waals surface area (Å²) >= 11 is 0. The molecule has 2 rings (SSSR count). The Kier molecular flexibility index (Phi) is 4.85. The number of esters is 2. The molecule has 2 unspecified atom stereocenters. The van der Waals surface area contributed by atoms with Gasteiger partial charge in [-0.25, -0.2) is 19.3 Å². The molecule has 0 N–H and O–H groups in total. The van der Waals surface area contributed by atoms with Crippen molar-refractivity contribution in [2.75, 3.05) is 6.61 Å². The Balaban J connectivity index is 2.19. The van der Waals surface area contributed by atoms with E-state index in [0.29, 0.717) is 0 Å². The Labute approximate surface area is 146 Å². The highest BCUT2D eigenvalue weighted by molar-refractivity contribution is 6.00. The topological polar surface area (TPSA) is 99.2 Å². The van der Waals surface area contributed by atoms with Crippen LogP contribution in [0.3, 0.4) is 0 Å². The Hall–Kier alpha value is -2.12. The first-order valence-corrected chi connectivity index (χ1v) is 8.25. The van der Waals surface area contributed by atoms with Gasteiger partial charge in [0.05, 0.1) is 0 Å². The first-order valence-electron chi connectivity index (χ1n) is 8.25. The van der Waals surface area contributed by atoms with E-state index in [4.69, 9.17) is 14.2 Å². The number of ether oxygens (including phenoxy) is 3. The number of carbonyl (C=O) groups is 4. The average Bonchev–Trinajstić information content (AvgIpc) is 2.86. The lowest BCUT2D eigenvalue weighted by molar-refractivity contribution is -0.167. The van der Waals surface area contributed by atoms with Gasteiger partial charge < -0.3 is 14.2 Å². The first-order chi connectivity index (χ1) is 11.3. The Bertz CT molecular complexity index is 605. The Morgan fingerprint density at radius 1 is 1.24 bits per heavy atom. The second-order valence-electron chi connectivity index (χ2n) is 8.28. The monoisotopic (exact) mass is 355 g/mol. The van der Waals surface area contributed by atoms with Crippen molar-refractivity contribution in [3.05, 3.63) is 0 Å². The van der Waals surface area contributed by atoms with Gasteiger partial charge in [-0.1, -0.05) is 20.8 Å². The number of amides is 2. The lowest BCUT2D eigenvalue weighted by Crippen LogP contribution is -2.49. The van der Waals surface area contributed by atoms with E-state index in [2.05, 4.69) is 0 Å². The second-order valence-corrected chi connectivity index (χ2v) is 8.28. The molecule has 2 saturated heterocycles. The first kappa shape index (κ1) is 19.2. The van der Waals surface area contributed by atoms with Crippen LogP contribution < -0.4 is 0 Å². The van der Waals surface area contributed by atoms with Gasteiger partial charge in [0.2, 0.25) is 12.0 Å². The van der Waals surface area contributed by atoms with Crippen LogP contribution in [0.1, 0.15) is 48.0 Å². The number of rotatable bonds is 2. The highest BCUT2D eigenvalue weighted by atomic mass is 16.6. The zero-order valence-electron chi connectivity index (χ0n) is 15.5. The fourth-order valence-corrected chi connectivity index (χ4v) is 2.88. The maximum atomic E-state index is 12.6. The molecule has 8 nitrogen and oxygen atoms in total. The normalized spacial score (nSPS) is 28.7. The fourth-order valence-electron chi connectivity index (χ4n) is 2.88. The van der Waals surface area contributed by atoms with E-state index in [1.807, 2.05) is 0 Å². The van der Waals surface area contributed by atoms with Gasteiger partial charge in [-0.3, -0.25) is 4.79 Å². The SMILES string of the molecule is CC1CC(=O)N(C(=O)OC(C)(C)C)C1C(=O)O[C@@H]1C(=O)OCC1(C)C. The molecule has 25 heavy (non-hydrogen) atoms. The molecule has 2 aliphatic rings. The molecule has 0 aromatic carbocycles. The van der Waals surface area contributed by atoms with Crippen LogP contribution in [0.2, 0.25) is 0 Å². The van der Waals surface area contributed by atoms with E-state index in [1.165, 1.54) is 0 Å². The maximum Gasteiger partial charge on any atom is 0.417 e. The third-order valence-electron chi connectivity index (χ3n) is 4.16. The van der Waals surface area contributed by atoms with Crippen LogP contribution in [0, 0.1) is 11.3 Å². The lowest BCUT2D eigenvalue weighted by Gasteiger charge is -2.29. The van der Waals surface area contributed by atoms with Gasteiger partial charge in [-0.2, -0.15) is 0 Å². The van der Waals surface area contributed by atoms with E-state index >= 15 is 0 Å². The Morgan fingerprint density at radius 2 is 1.84 bits per heavy atom. The van der Waals surface area contributed by atoms with Gasteiger partial charge in [-0.05, 0) is 26.7 Å². The summed E-state index contributed by atoms with van der Waals surface area (Å²) in [4.78, 5) is 49.8. The summed E-state index contributed by atoms with van der Waals surface area (Å²) in [5.74, 6) is -2.37. The predicted molar refractivity (Wildman–Crippen MR) is 85.3 cm³/mol. The molecule has 3 atom stereocenters. The van der Waals surface area contributed by atoms with Gasteiger partial charge in [0, 0.05) is 11.8 Å². The molecule has 140 valence electrons. The number of hydrogen-bond donors (Lipinski definition) is 0. The van der Waals surface area contributed by atoms with E-state index in [-0.39, 0.29) is 13.0 Å². The smallest absolute Gasteiger partial charge is 0.417 e. The summed E-state index contributed by atoms with van der Waals surface area (Å²) < 4.78 is 15.5. The minimum Gasteiger partial charge on any atom is -0.462 e. The number of likely N-dealkylation sites (tertiary alicyclic amines) is 1. The minimum absolute atomic E-state index is 0.0253. The minimum atomic E-state index is -1.12. The number of cyclic esters (lactones) is 1. The summed E-state index contributed by atoms with van der Waals surface area (Å²) in [5, 5.41) is 0. The zero-order valence-corrected chi connectivity index (χ0v) is 15.5. The van der Waals surface area contributed by atoms with Crippen molar-refractivity contribution in [2.45, 2.75) is 65.7 Å². The van der Waals surface area contributed by atoms with Crippen LogP contribution in [0.5, 0.6) is 0 Å². The number of imide groups is 1. The Morgan fingerprint density at radius 3 is 2.32 bits per heavy atom.